The first-order chi connectivity index (χ1) is 7.96. The maximum atomic E-state index is 13.3. The van der Waals surface area contributed by atoms with Crippen LogP contribution in [0.4, 0.5) is 4.39 Å². The highest BCUT2D eigenvalue weighted by atomic mass is 19.1. The van der Waals surface area contributed by atoms with E-state index in [1.165, 1.54) is 12.1 Å². The highest BCUT2D eigenvalue weighted by molar-refractivity contribution is 5.29. The van der Waals surface area contributed by atoms with E-state index in [9.17, 15) is 9.50 Å². The second kappa shape index (κ2) is 5.98. The molecule has 0 aliphatic heterocycles. The Hall–Kier alpha value is -1.13. The molecule has 1 atom stereocenters. The molecule has 0 amide bonds. The number of nitrogens with one attached hydrogen (secondary N) is 1. The summed E-state index contributed by atoms with van der Waals surface area (Å²) in [6.45, 7) is 4.31. The Morgan fingerprint density at radius 3 is 2.71 bits per heavy atom. The van der Waals surface area contributed by atoms with Crippen molar-refractivity contribution in [1.29, 1.82) is 0 Å². The van der Waals surface area contributed by atoms with Gasteiger partial charge in [-0.1, -0.05) is 6.92 Å². The lowest BCUT2D eigenvalue weighted by molar-refractivity contribution is 0.00834. The van der Waals surface area contributed by atoms with Gasteiger partial charge in [0.05, 0.1) is 5.60 Å². The van der Waals surface area contributed by atoms with Crippen LogP contribution in [0.3, 0.4) is 0 Å². The summed E-state index contributed by atoms with van der Waals surface area (Å²) in [6.07, 6.45) is 0.589. The summed E-state index contributed by atoms with van der Waals surface area (Å²) in [5, 5.41) is 12.7. The highest BCUT2D eigenvalue weighted by Crippen LogP contribution is 2.18. The predicted molar refractivity (Wildman–Crippen MR) is 65.6 cm³/mol. The van der Waals surface area contributed by atoms with Crippen LogP contribution < -0.4 is 10.1 Å². The van der Waals surface area contributed by atoms with Gasteiger partial charge in [0.15, 0.2) is 0 Å². The first kappa shape index (κ1) is 13.9. The van der Waals surface area contributed by atoms with Crippen LogP contribution in [0.2, 0.25) is 0 Å². The fourth-order valence-electron chi connectivity index (χ4n) is 1.35. The van der Waals surface area contributed by atoms with E-state index in [-0.39, 0.29) is 12.4 Å². The third kappa shape index (κ3) is 4.71. The molecule has 1 aromatic carbocycles. The Kier molecular flexibility index (Phi) is 4.90. The molecule has 0 aromatic heterocycles. The summed E-state index contributed by atoms with van der Waals surface area (Å²) in [6, 6.07) is 4.55. The molecule has 3 nitrogen and oxygen atoms in total. The number of hydrogen-bond acceptors (Lipinski definition) is 3. The molecule has 0 saturated heterocycles. The summed E-state index contributed by atoms with van der Waals surface area (Å²) in [7, 11) is 1.80. The van der Waals surface area contributed by atoms with Crippen LogP contribution in [-0.4, -0.2) is 24.4 Å². The van der Waals surface area contributed by atoms with Crippen LogP contribution in [0.25, 0.3) is 0 Å². The third-order valence-corrected chi connectivity index (χ3v) is 2.62. The van der Waals surface area contributed by atoms with Crippen LogP contribution in [-0.2, 0) is 6.54 Å². The first-order valence-electron chi connectivity index (χ1n) is 5.76. The van der Waals surface area contributed by atoms with Gasteiger partial charge in [-0.2, -0.15) is 0 Å². The lowest BCUT2D eigenvalue weighted by atomic mass is 10.1. The van der Waals surface area contributed by atoms with E-state index in [1.54, 1.807) is 20.0 Å². The fraction of sp³-hybridized carbons (Fsp3) is 0.538. The number of ether oxygens (including phenoxy) is 1. The Morgan fingerprint density at radius 1 is 1.41 bits per heavy atom. The second-order valence-corrected chi connectivity index (χ2v) is 4.46. The van der Waals surface area contributed by atoms with E-state index in [0.29, 0.717) is 18.7 Å². The molecule has 0 aliphatic carbocycles. The number of hydrogen-bond donors (Lipinski definition) is 2. The molecular formula is C13H20FNO2. The van der Waals surface area contributed by atoms with E-state index < -0.39 is 5.60 Å². The molecule has 0 bridgehead atoms. The average molecular weight is 241 g/mol. The fourth-order valence-corrected chi connectivity index (χ4v) is 1.35. The van der Waals surface area contributed by atoms with Crippen molar-refractivity contribution >= 4 is 0 Å². The lowest BCUT2D eigenvalue weighted by Crippen LogP contribution is -2.31. The predicted octanol–water partition coefficient (Wildman–Crippen LogP) is 2.08. The van der Waals surface area contributed by atoms with Gasteiger partial charge in [0.25, 0.3) is 0 Å². The van der Waals surface area contributed by atoms with Gasteiger partial charge in [-0.15, -0.1) is 0 Å². The largest absolute Gasteiger partial charge is 0.490 e. The van der Waals surface area contributed by atoms with Crippen LogP contribution in [0.1, 0.15) is 25.8 Å². The molecule has 0 radical (unpaired) electrons. The molecule has 0 fully saturated rings. The summed E-state index contributed by atoms with van der Waals surface area (Å²) in [4.78, 5) is 0. The van der Waals surface area contributed by atoms with E-state index in [4.69, 9.17) is 4.74 Å². The third-order valence-electron chi connectivity index (χ3n) is 2.62. The highest BCUT2D eigenvalue weighted by Gasteiger charge is 2.18. The van der Waals surface area contributed by atoms with Crippen LogP contribution >= 0.6 is 0 Å². The van der Waals surface area contributed by atoms with E-state index >= 15 is 0 Å². The van der Waals surface area contributed by atoms with Crippen molar-refractivity contribution in [2.45, 2.75) is 32.4 Å². The molecule has 1 aromatic rings. The molecule has 1 unspecified atom stereocenters. The zero-order valence-corrected chi connectivity index (χ0v) is 10.6. The van der Waals surface area contributed by atoms with Gasteiger partial charge in [-0.05, 0) is 38.1 Å². The molecule has 17 heavy (non-hydrogen) atoms. The second-order valence-electron chi connectivity index (χ2n) is 4.46. The quantitative estimate of drug-likeness (QED) is 0.801. The topological polar surface area (TPSA) is 41.5 Å². The smallest absolute Gasteiger partial charge is 0.127 e. The lowest BCUT2D eigenvalue weighted by Gasteiger charge is -2.21. The molecule has 2 N–H and O–H groups in total. The van der Waals surface area contributed by atoms with Gasteiger partial charge >= 0.3 is 0 Å². The first-order valence-corrected chi connectivity index (χ1v) is 5.76. The van der Waals surface area contributed by atoms with Gasteiger partial charge in [0.2, 0.25) is 0 Å². The van der Waals surface area contributed by atoms with Gasteiger partial charge < -0.3 is 15.2 Å². The van der Waals surface area contributed by atoms with Gasteiger partial charge in [-0.3, -0.25) is 0 Å². The molecule has 0 spiro atoms. The molecule has 0 saturated carbocycles. The zero-order chi connectivity index (χ0) is 12.9. The standard InChI is InChI=1S/C13H20FNO2/c1-4-13(2,16)9-17-12-6-10(8-15-3)5-11(14)7-12/h5-7,15-16H,4,8-9H2,1-3H3. The average Bonchev–Trinajstić information content (AvgIpc) is 2.26. The number of rotatable bonds is 6. The van der Waals surface area contributed by atoms with E-state index in [0.717, 1.165) is 5.56 Å². The Labute approximate surface area is 102 Å². The van der Waals surface area contributed by atoms with Crippen molar-refractivity contribution in [1.82, 2.24) is 5.32 Å². The Bertz CT molecular complexity index is 366. The van der Waals surface area contributed by atoms with Crippen LogP contribution in [0, 0.1) is 5.82 Å². The number of aliphatic hydroxyl groups is 1. The molecule has 0 heterocycles. The molecular weight excluding hydrogens is 221 g/mol. The minimum absolute atomic E-state index is 0.159. The Balaban J connectivity index is 2.70. The number of benzene rings is 1. The summed E-state index contributed by atoms with van der Waals surface area (Å²) < 4.78 is 18.7. The maximum Gasteiger partial charge on any atom is 0.127 e. The minimum atomic E-state index is -0.879. The Morgan fingerprint density at radius 2 is 2.12 bits per heavy atom. The summed E-state index contributed by atoms with van der Waals surface area (Å²) in [5.74, 6) is 0.118. The van der Waals surface area contributed by atoms with Crippen molar-refractivity contribution in [2.75, 3.05) is 13.7 Å². The molecule has 1 rings (SSSR count). The number of halogens is 1. The van der Waals surface area contributed by atoms with Crippen LogP contribution in [0.5, 0.6) is 5.75 Å². The minimum Gasteiger partial charge on any atom is -0.490 e. The SMILES string of the molecule is CCC(C)(O)COc1cc(F)cc(CNC)c1. The molecule has 4 heteroatoms. The van der Waals surface area contributed by atoms with Crippen molar-refractivity contribution in [3.05, 3.63) is 29.6 Å². The van der Waals surface area contributed by atoms with Crippen LogP contribution in [0.15, 0.2) is 18.2 Å². The van der Waals surface area contributed by atoms with Gasteiger partial charge in [0.1, 0.15) is 18.2 Å². The normalized spacial score (nSPS) is 14.4. The molecule has 0 aliphatic rings. The van der Waals surface area contributed by atoms with E-state index in [1.807, 2.05) is 6.92 Å². The summed E-state index contributed by atoms with van der Waals surface area (Å²) >= 11 is 0. The summed E-state index contributed by atoms with van der Waals surface area (Å²) in [5.41, 5.74) is -0.0613. The van der Waals surface area contributed by atoms with Crippen molar-refractivity contribution in [3.8, 4) is 5.75 Å². The van der Waals surface area contributed by atoms with Gasteiger partial charge in [0, 0.05) is 12.6 Å². The van der Waals surface area contributed by atoms with Crippen molar-refractivity contribution in [2.24, 2.45) is 0 Å². The van der Waals surface area contributed by atoms with E-state index in [2.05, 4.69) is 5.32 Å². The van der Waals surface area contributed by atoms with Gasteiger partial charge in [-0.25, -0.2) is 4.39 Å². The maximum absolute atomic E-state index is 13.3. The van der Waals surface area contributed by atoms with Crippen molar-refractivity contribution < 1.29 is 14.2 Å². The zero-order valence-electron chi connectivity index (χ0n) is 10.6. The van der Waals surface area contributed by atoms with Crippen molar-refractivity contribution in [3.63, 3.8) is 0 Å². The monoisotopic (exact) mass is 241 g/mol. The molecule has 96 valence electrons.